The van der Waals surface area contributed by atoms with Crippen LogP contribution in [0.3, 0.4) is 0 Å². The molecule has 3 atom stereocenters. The van der Waals surface area contributed by atoms with Gasteiger partial charge in [0.1, 0.15) is 4.83 Å². The van der Waals surface area contributed by atoms with Crippen LogP contribution in [0.5, 0.6) is 0 Å². The van der Waals surface area contributed by atoms with Crippen molar-refractivity contribution in [3.63, 3.8) is 0 Å². The minimum Gasteiger partial charge on any atom is -0.300 e. The highest BCUT2D eigenvalue weighted by Gasteiger charge is 2.39. The van der Waals surface area contributed by atoms with E-state index in [4.69, 9.17) is 0 Å². The molecule has 6 heteroatoms. The Hall–Kier alpha value is 0.580. The number of hydrogen-bond acceptors (Lipinski definition) is 2. The molecule has 1 fully saturated rings. The van der Waals surface area contributed by atoms with E-state index >= 15 is 0 Å². The molecule has 0 N–H and O–H groups in total. The van der Waals surface area contributed by atoms with E-state index in [1.165, 1.54) is 0 Å². The van der Waals surface area contributed by atoms with Crippen molar-refractivity contribution in [1.29, 1.82) is 0 Å². The van der Waals surface area contributed by atoms with Crippen LogP contribution in [-0.4, -0.2) is 46.0 Å². The molecule has 1 heterocycles. The summed E-state index contributed by atoms with van der Waals surface area (Å²) in [5.41, 5.74) is 0. The lowest BCUT2D eigenvalue weighted by atomic mass is 10.3. The standard InChI is InChI=1S/C9H15BrF3NS/c1-6-3-14(4-7(2)15-6)5-8(10)9(11,12)13/h6-8H,3-5H2,1-2H3. The third kappa shape index (κ3) is 4.53. The number of alkyl halides is 4. The van der Waals surface area contributed by atoms with Crippen molar-refractivity contribution in [2.24, 2.45) is 0 Å². The van der Waals surface area contributed by atoms with E-state index in [2.05, 4.69) is 29.8 Å². The summed E-state index contributed by atoms with van der Waals surface area (Å²) >= 11 is 4.54. The fraction of sp³-hybridized carbons (Fsp3) is 1.00. The van der Waals surface area contributed by atoms with Gasteiger partial charge in [-0.15, -0.1) is 0 Å². The van der Waals surface area contributed by atoms with Gasteiger partial charge in [-0.3, -0.25) is 4.90 Å². The summed E-state index contributed by atoms with van der Waals surface area (Å²) in [6.45, 7) is 5.66. The molecule has 0 aromatic rings. The van der Waals surface area contributed by atoms with Crippen LogP contribution in [0.1, 0.15) is 13.8 Å². The fourth-order valence-electron chi connectivity index (χ4n) is 1.76. The number of rotatable bonds is 2. The van der Waals surface area contributed by atoms with Crippen molar-refractivity contribution in [3.05, 3.63) is 0 Å². The molecule has 1 aliphatic rings. The van der Waals surface area contributed by atoms with Gasteiger partial charge in [0.2, 0.25) is 0 Å². The van der Waals surface area contributed by atoms with Crippen molar-refractivity contribution in [1.82, 2.24) is 4.90 Å². The Labute approximate surface area is 101 Å². The molecule has 0 amide bonds. The minimum atomic E-state index is -4.14. The lowest BCUT2D eigenvalue weighted by Crippen LogP contribution is -2.45. The van der Waals surface area contributed by atoms with Gasteiger partial charge in [0.15, 0.2) is 0 Å². The van der Waals surface area contributed by atoms with E-state index in [1.54, 1.807) is 0 Å². The monoisotopic (exact) mass is 305 g/mol. The molecule has 1 rings (SSSR count). The normalized spacial score (nSPS) is 31.6. The van der Waals surface area contributed by atoms with Gasteiger partial charge >= 0.3 is 6.18 Å². The molecule has 1 aliphatic heterocycles. The van der Waals surface area contributed by atoms with Gasteiger partial charge in [-0.25, -0.2) is 0 Å². The zero-order chi connectivity index (χ0) is 11.6. The van der Waals surface area contributed by atoms with Gasteiger partial charge in [0, 0.05) is 30.1 Å². The van der Waals surface area contributed by atoms with Gasteiger partial charge in [0.05, 0.1) is 0 Å². The highest BCUT2D eigenvalue weighted by Crippen LogP contribution is 2.30. The van der Waals surface area contributed by atoms with Crippen LogP contribution in [0, 0.1) is 0 Å². The molecule has 90 valence electrons. The Kier molecular flexibility index (Phi) is 4.80. The second kappa shape index (κ2) is 5.27. The molecule has 0 saturated carbocycles. The van der Waals surface area contributed by atoms with Gasteiger partial charge in [-0.1, -0.05) is 29.8 Å². The average Bonchev–Trinajstić information content (AvgIpc) is 1.99. The number of halogens is 4. The summed E-state index contributed by atoms with van der Waals surface area (Å²) in [5, 5.41) is 0.836. The quantitative estimate of drug-likeness (QED) is 0.721. The van der Waals surface area contributed by atoms with Crippen molar-refractivity contribution in [3.8, 4) is 0 Å². The summed E-state index contributed by atoms with van der Waals surface area (Å²) in [5.74, 6) is 0. The largest absolute Gasteiger partial charge is 0.402 e. The number of thioether (sulfide) groups is 1. The first-order valence-corrected chi connectivity index (χ1v) is 6.73. The summed E-state index contributed by atoms with van der Waals surface area (Å²) in [6.07, 6.45) is -4.14. The molecule has 0 aromatic carbocycles. The first-order chi connectivity index (χ1) is 6.79. The highest BCUT2D eigenvalue weighted by atomic mass is 79.9. The molecule has 15 heavy (non-hydrogen) atoms. The Bertz CT molecular complexity index is 202. The van der Waals surface area contributed by atoms with Gasteiger partial charge in [-0.05, 0) is 0 Å². The minimum absolute atomic E-state index is 0.0543. The Morgan fingerprint density at radius 3 is 2.20 bits per heavy atom. The maximum Gasteiger partial charge on any atom is 0.402 e. The molecular formula is C9H15BrF3NS. The maximum atomic E-state index is 12.3. The van der Waals surface area contributed by atoms with Crippen LogP contribution in [0.15, 0.2) is 0 Å². The van der Waals surface area contributed by atoms with Crippen molar-refractivity contribution in [2.75, 3.05) is 19.6 Å². The lowest BCUT2D eigenvalue weighted by Gasteiger charge is -2.35. The average molecular weight is 306 g/mol. The molecule has 3 unspecified atom stereocenters. The van der Waals surface area contributed by atoms with Crippen molar-refractivity contribution >= 4 is 27.7 Å². The Morgan fingerprint density at radius 2 is 1.80 bits per heavy atom. The Balaban J connectivity index is 2.44. The Morgan fingerprint density at radius 1 is 1.33 bits per heavy atom. The zero-order valence-electron chi connectivity index (χ0n) is 8.72. The third-order valence-electron chi connectivity index (χ3n) is 2.27. The van der Waals surface area contributed by atoms with E-state index in [9.17, 15) is 13.2 Å². The lowest BCUT2D eigenvalue weighted by molar-refractivity contribution is -0.130. The second-order valence-corrected chi connectivity index (χ2v) is 6.97. The van der Waals surface area contributed by atoms with Crippen LogP contribution in [0.4, 0.5) is 13.2 Å². The number of nitrogens with zero attached hydrogens (tertiary/aromatic N) is 1. The van der Waals surface area contributed by atoms with Crippen LogP contribution in [0.2, 0.25) is 0 Å². The summed E-state index contributed by atoms with van der Waals surface area (Å²) in [7, 11) is 0. The maximum absolute atomic E-state index is 12.3. The summed E-state index contributed by atoms with van der Waals surface area (Å²) < 4.78 is 37.0. The van der Waals surface area contributed by atoms with Crippen LogP contribution in [0.25, 0.3) is 0 Å². The first kappa shape index (κ1) is 13.6. The van der Waals surface area contributed by atoms with E-state index < -0.39 is 11.0 Å². The fourth-order valence-corrected chi connectivity index (χ4v) is 3.56. The molecule has 0 aromatic heterocycles. The van der Waals surface area contributed by atoms with E-state index in [0.29, 0.717) is 10.5 Å². The topological polar surface area (TPSA) is 3.24 Å². The molecule has 0 radical (unpaired) electrons. The van der Waals surface area contributed by atoms with Gasteiger partial charge in [-0.2, -0.15) is 24.9 Å². The number of hydrogen-bond donors (Lipinski definition) is 0. The van der Waals surface area contributed by atoms with Crippen LogP contribution < -0.4 is 0 Å². The molecule has 0 aliphatic carbocycles. The van der Waals surface area contributed by atoms with Crippen molar-refractivity contribution < 1.29 is 13.2 Å². The SMILES string of the molecule is CC1CN(CC(Br)C(F)(F)F)CC(C)S1. The van der Waals surface area contributed by atoms with Crippen LogP contribution in [-0.2, 0) is 0 Å². The van der Waals surface area contributed by atoms with Gasteiger partial charge in [0.25, 0.3) is 0 Å². The van der Waals surface area contributed by atoms with Crippen LogP contribution >= 0.6 is 27.7 Å². The second-order valence-electron chi connectivity index (χ2n) is 3.99. The summed E-state index contributed by atoms with van der Waals surface area (Å²) in [4.78, 5) is 0.478. The molecule has 1 saturated heterocycles. The first-order valence-electron chi connectivity index (χ1n) is 4.87. The zero-order valence-corrected chi connectivity index (χ0v) is 11.1. The van der Waals surface area contributed by atoms with Gasteiger partial charge < -0.3 is 0 Å². The highest BCUT2D eigenvalue weighted by molar-refractivity contribution is 9.09. The van der Waals surface area contributed by atoms with Crippen molar-refractivity contribution in [2.45, 2.75) is 35.4 Å². The molecule has 0 spiro atoms. The van der Waals surface area contributed by atoms with E-state index in [1.807, 2.05) is 16.7 Å². The molecule has 0 bridgehead atoms. The molecule has 1 nitrogen and oxygen atoms in total. The third-order valence-corrected chi connectivity index (χ3v) is 4.30. The summed E-state index contributed by atoms with van der Waals surface area (Å²) in [6, 6.07) is 0. The van der Waals surface area contributed by atoms with E-state index in [-0.39, 0.29) is 6.54 Å². The smallest absolute Gasteiger partial charge is 0.300 e. The van der Waals surface area contributed by atoms with E-state index in [0.717, 1.165) is 13.1 Å². The predicted molar refractivity (Wildman–Crippen MR) is 61.7 cm³/mol. The predicted octanol–water partition coefficient (Wildman–Crippen LogP) is 3.14. The molecular weight excluding hydrogens is 291 g/mol.